The van der Waals surface area contributed by atoms with E-state index >= 15 is 0 Å². The van der Waals surface area contributed by atoms with Crippen molar-refractivity contribution in [1.29, 1.82) is 0 Å². The largest absolute Gasteiger partial charge is 0.497 e. The van der Waals surface area contributed by atoms with Gasteiger partial charge in [0.05, 0.1) is 25.0 Å². The molecule has 1 amide bonds. The van der Waals surface area contributed by atoms with Crippen LogP contribution in [0.25, 0.3) is 0 Å². The minimum atomic E-state index is -0.0209. The average Bonchev–Trinajstić information content (AvgIpc) is 2.45. The van der Waals surface area contributed by atoms with E-state index < -0.39 is 0 Å². The van der Waals surface area contributed by atoms with E-state index in [4.69, 9.17) is 10.5 Å². The number of nitrogens with two attached hydrogens (primary N) is 1. The number of nitrogens with one attached hydrogen (secondary N) is 1. The van der Waals surface area contributed by atoms with Gasteiger partial charge in [-0.25, -0.2) is 0 Å². The zero-order valence-corrected chi connectivity index (χ0v) is 13.1. The maximum absolute atomic E-state index is 12.2. The number of amides is 1. The first-order valence-electron chi connectivity index (χ1n) is 7.50. The van der Waals surface area contributed by atoms with Crippen molar-refractivity contribution < 1.29 is 9.53 Å². The summed E-state index contributed by atoms with van der Waals surface area (Å²) < 4.78 is 5.10. The van der Waals surface area contributed by atoms with Crippen molar-refractivity contribution in [2.75, 3.05) is 24.7 Å². The molecule has 3 N–H and O–H groups in total. The summed E-state index contributed by atoms with van der Waals surface area (Å²) in [4.78, 5) is 14.5. The number of ether oxygens (including phenoxy) is 1. The Kier molecular flexibility index (Phi) is 5.07. The second-order valence-corrected chi connectivity index (χ2v) is 5.80. The fourth-order valence-electron chi connectivity index (χ4n) is 2.92. The van der Waals surface area contributed by atoms with Crippen LogP contribution in [0.2, 0.25) is 0 Å². The summed E-state index contributed by atoms with van der Waals surface area (Å²) in [6, 6.07) is 6.18. The van der Waals surface area contributed by atoms with Gasteiger partial charge in [-0.2, -0.15) is 0 Å². The Labute approximate surface area is 126 Å². The quantitative estimate of drug-likeness (QED) is 0.836. The summed E-state index contributed by atoms with van der Waals surface area (Å²) in [6.07, 6.45) is 3.55. The molecule has 0 unspecified atom stereocenters. The van der Waals surface area contributed by atoms with Crippen LogP contribution in [0.15, 0.2) is 18.2 Å². The number of hydrogen-bond acceptors (Lipinski definition) is 4. The Morgan fingerprint density at radius 1 is 1.38 bits per heavy atom. The van der Waals surface area contributed by atoms with Gasteiger partial charge in [-0.3, -0.25) is 9.69 Å². The second-order valence-electron chi connectivity index (χ2n) is 5.80. The van der Waals surface area contributed by atoms with Crippen molar-refractivity contribution in [1.82, 2.24) is 4.90 Å². The molecule has 0 radical (unpaired) electrons. The van der Waals surface area contributed by atoms with Gasteiger partial charge in [0.1, 0.15) is 5.75 Å². The third-order valence-electron chi connectivity index (χ3n) is 4.24. The fraction of sp³-hybridized carbons (Fsp3) is 0.562. The number of carbonyl (C=O) groups is 1. The van der Waals surface area contributed by atoms with E-state index in [0.29, 0.717) is 35.8 Å². The molecule has 1 saturated heterocycles. The van der Waals surface area contributed by atoms with Crippen molar-refractivity contribution in [3.05, 3.63) is 18.2 Å². The summed E-state index contributed by atoms with van der Waals surface area (Å²) in [5, 5.41) is 2.89. The van der Waals surface area contributed by atoms with E-state index in [9.17, 15) is 4.79 Å². The lowest BCUT2D eigenvalue weighted by Crippen LogP contribution is -2.47. The van der Waals surface area contributed by atoms with Gasteiger partial charge in [0, 0.05) is 18.2 Å². The van der Waals surface area contributed by atoms with Gasteiger partial charge in [-0.05, 0) is 38.8 Å². The van der Waals surface area contributed by atoms with Gasteiger partial charge in [-0.1, -0.05) is 6.42 Å². The minimum Gasteiger partial charge on any atom is -0.497 e. The van der Waals surface area contributed by atoms with E-state index in [1.165, 1.54) is 6.42 Å². The Morgan fingerprint density at radius 2 is 2.05 bits per heavy atom. The molecule has 1 aliphatic heterocycles. The predicted molar refractivity (Wildman–Crippen MR) is 85.5 cm³/mol. The molecule has 2 rings (SSSR count). The molecule has 116 valence electrons. The molecule has 0 saturated carbocycles. The highest BCUT2D eigenvalue weighted by Crippen LogP contribution is 2.25. The van der Waals surface area contributed by atoms with E-state index in [2.05, 4.69) is 24.1 Å². The lowest BCUT2D eigenvalue weighted by atomic mass is 9.97. The zero-order valence-electron chi connectivity index (χ0n) is 13.1. The Hall–Kier alpha value is -1.75. The van der Waals surface area contributed by atoms with Crippen LogP contribution in [0.3, 0.4) is 0 Å². The number of rotatable bonds is 4. The number of hydrogen-bond donors (Lipinski definition) is 2. The summed E-state index contributed by atoms with van der Waals surface area (Å²) in [5.74, 6) is 0.663. The number of carbonyl (C=O) groups excluding carboxylic acids is 1. The molecule has 1 heterocycles. The van der Waals surface area contributed by atoms with Crippen molar-refractivity contribution in [3.8, 4) is 5.75 Å². The molecule has 1 aliphatic rings. The molecule has 0 aromatic heterocycles. The van der Waals surface area contributed by atoms with Crippen LogP contribution in [0.1, 0.15) is 33.1 Å². The average molecular weight is 291 g/mol. The second kappa shape index (κ2) is 6.80. The Morgan fingerprint density at radius 3 is 2.62 bits per heavy atom. The molecule has 0 bridgehead atoms. The number of nitrogens with zero attached hydrogens (tertiary/aromatic N) is 1. The summed E-state index contributed by atoms with van der Waals surface area (Å²) >= 11 is 0. The van der Waals surface area contributed by atoms with Gasteiger partial charge >= 0.3 is 0 Å². The maximum atomic E-state index is 12.2. The normalized spacial score (nSPS) is 22.8. The lowest BCUT2D eigenvalue weighted by molar-refractivity contribution is -0.118. The lowest BCUT2D eigenvalue weighted by Gasteiger charge is -2.38. The molecule has 0 aliphatic carbocycles. The van der Waals surface area contributed by atoms with Crippen molar-refractivity contribution in [3.63, 3.8) is 0 Å². The Balaban J connectivity index is 1.98. The van der Waals surface area contributed by atoms with E-state index in [-0.39, 0.29) is 5.91 Å². The molecular formula is C16H25N3O2. The monoisotopic (exact) mass is 291 g/mol. The molecule has 1 aromatic rings. The van der Waals surface area contributed by atoms with E-state index in [1.54, 1.807) is 25.3 Å². The van der Waals surface area contributed by atoms with E-state index in [0.717, 1.165) is 12.8 Å². The van der Waals surface area contributed by atoms with Crippen LogP contribution >= 0.6 is 0 Å². The highest BCUT2D eigenvalue weighted by molar-refractivity contribution is 5.95. The summed E-state index contributed by atoms with van der Waals surface area (Å²) in [6.45, 7) is 4.78. The van der Waals surface area contributed by atoms with Crippen molar-refractivity contribution in [2.45, 2.75) is 45.2 Å². The highest BCUT2D eigenvalue weighted by Gasteiger charge is 2.26. The molecule has 0 spiro atoms. The molecular weight excluding hydrogens is 266 g/mol. The molecule has 1 fully saturated rings. The van der Waals surface area contributed by atoms with Gasteiger partial charge in [-0.15, -0.1) is 0 Å². The third kappa shape index (κ3) is 3.88. The van der Waals surface area contributed by atoms with Crippen LogP contribution in [0.5, 0.6) is 5.75 Å². The van der Waals surface area contributed by atoms with Crippen LogP contribution in [0, 0.1) is 0 Å². The van der Waals surface area contributed by atoms with Gasteiger partial charge in [0.15, 0.2) is 0 Å². The summed E-state index contributed by atoms with van der Waals surface area (Å²) in [7, 11) is 1.59. The first-order chi connectivity index (χ1) is 10.0. The van der Waals surface area contributed by atoms with Crippen LogP contribution in [-0.2, 0) is 4.79 Å². The topological polar surface area (TPSA) is 67.6 Å². The van der Waals surface area contributed by atoms with Crippen molar-refractivity contribution >= 4 is 17.3 Å². The standard InChI is InChI=1S/C16H25N3O2/c1-11-5-4-6-12(2)19(11)10-16(20)18-15-8-7-13(21-3)9-14(15)17/h7-9,11-12H,4-6,10,17H2,1-3H3,(H,18,20)/t11-,12+. The third-order valence-corrected chi connectivity index (χ3v) is 4.24. The SMILES string of the molecule is COc1ccc(NC(=O)CN2[C@H](C)CCC[C@@H]2C)c(N)c1. The smallest absolute Gasteiger partial charge is 0.238 e. The predicted octanol–water partition coefficient (Wildman–Crippen LogP) is 2.48. The number of piperidine rings is 1. The first kappa shape index (κ1) is 15.6. The van der Waals surface area contributed by atoms with Crippen molar-refractivity contribution in [2.24, 2.45) is 0 Å². The number of nitrogen functional groups attached to an aromatic ring is 1. The van der Waals surface area contributed by atoms with Crippen LogP contribution in [-0.4, -0.2) is 36.5 Å². The maximum Gasteiger partial charge on any atom is 0.238 e. The number of anilines is 2. The number of likely N-dealkylation sites (tertiary alicyclic amines) is 1. The van der Waals surface area contributed by atoms with Gasteiger partial charge in [0.25, 0.3) is 0 Å². The molecule has 1 aromatic carbocycles. The van der Waals surface area contributed by atoms with Gasteiger partial charge < -0.3 is 15.8 Å². The number of methoxy groups -OCH3 is 1. The van der Waals surface area contributed by atoms with E-state index in [1.807, 2.05) is 0 Å². The first-order valence-corrected chi connectivity index (χ1v) is 7.50. The fourth-order valence-corrected chi connectivity index (χ4v) is 2.92. The number of benzene rings is 1. The molecule has 2 atom stereocenters. The molecule has 5 heteroatoms. The zero-order chi connectivity index (χ0) is 15.4. The molecule has 5 nitrogen and oxygen atoms in total. The molecule has 21 heavy (non-hydrogen) atoms. The Bertz CT molecular complexity index is 494. The summed E-state index contributed by atoms with van der Waals surface area (Å²) in [5.41, 5.74) is 7.08. The van der Waals surface area contributed by atoms with Crippen LogP contribution in [0.4, 0.5) is 11.4 Å². The highest BCUT2D eigenvalue weighted by atomic mass is 16.5. The van der Waals surface area contributed by atoms with Gasteiger partial charge in [0.2, 0.25) is 5.91 Å². The van der Waals surface area contributed by atoms with Crippen LogP contribution < -0.4 is 15.8 Å². The minimum absolute atomic E-state index is 0.0209.